The molecule has 0 unspecified atom stereocenters. The average Bonchev–Trinajstić information content (AvgIpc) is 3.14. The minimum atomic E-state index is 0.588. The van der Waals surface area contributed by atoms with Crippen molar-refractivity contribution in [1.82, 2.24) is 14.8 Å². The number of nitrogens with zero attached hydrogens (tertiary/aromatic N) is 3. The molecule has 152 valence electrons. The van der Waals surface area contributed by atoms with E-state index in [2.05, 4.69) is 88.6 Å². The zero-order valence-electron chi connectivity index (χ0n) is 17.5. The van der Waals surface area contributed by atoms with Gasteiger partial charge in [0.2, 0.25) is 0 Å². The Kier molecular flexibility index (Phi) is 7.47. The first-order valence-electron chi connectivity index (χ1n) is 9.88. The van der Waals surface area contributed by atoms with Crippen molar-refractivity contribution in [2.75, 3.05) is 14.1 Å². The summed E-state index contributed by atoms with van der Waals surface area (Å²) < 4.78 is 8.07. The van der Waals surface area contributed by atoms with Crippen molar-refractivity contribution in [2.24, 2.45) is 12.0 Å². The normalized spacial score (nSPS) is 11.5. The molecule has 2 aromatic carbocycles. The predicted molar refractivity (Wildman–Crippen MR) is 118 cm³/mol. The molecule has 0 aliphatic rings. The Balaban J connectivity index is 1.56. The first-order chi connectivity index (χ1) is 14.2. The molecule has 1 heterocycles. The average molecular weight is 391 g/mol. The predicted octanol–water partition coefficient (Wildman–Crippen LogP) is 3.95. The van der Waals surface area contributed by atoms with Gasteiger partial charge in [-0.25, -0.2) is 0 Å². The van der Waals surface area contributed by atoms with Crippen LogP contribution in [0.2, 0.25) is 0 Å². The Labute approximate surface area is 173 Å². The number of benzene rings is 2. The van der Waals surface area contributed by atoms with E-state index < -0.39 is 0 Å². The highest BCUT2D eigenvalue weighted by atomic mass is 16.5. The first kappa shape index (κ1) is 20.7. The molecule has 0 aliphatic heterocycles. The molecule has 0 amide bonds. The lowest BCUT2D eigenvalue weighted by Crippen LogP contribution is -2.38. The van der Waals surface area contributed by atoms with Crippen LogP contribution in [0.25, 0.3) is 0 Å². The lowest BCUT2D eigenvalue weighted by Gasteiger charge is -2.23. The maximum Gasteiger partial charge on any atom is 0.194 e. The van der Waals surface area contributed by atoms with Crippen LogP contribution in [-0.4, -0.2) is 29.5 Å². The van der Waals surface area contributed by atoms with E-state index in [4.69, 9.17) is 4.74 Å². The summed E-state index contributed by atoms with van der Waals surface area (Å²) in [6.45, 7) is 2.70. The molecular weight excluding hydrogens is 360 g/mol. The van der Waals surface area contributed by atoms with E-state index in [-0.39, 0.29) is 0 Å². The third-order valence-corrected chi connectivity index (χ3v) is 4.95. The molecule has 0 spiro atoms. The molecule has 1 aromatic heterocycles. The van der Waals surface area contributed by atoms with Crippen molar-refractivity contribution in [3.63, 3.8) is 0 Å². The van der Waals surface area contributed by atoms with Gasteiger partial charge in [-0.05, 0) is 28.8 Å². The smallest absolute Gasteiger partial charge is 0.194 e. The maximum absolute atomic E-state index is 5.94. The van der Waals surface area contributed by atoms with E-state index in [9.17, 15) is 0 Å². The molecule has 0 radical (unpaired) electrons. The Morgan fingerprint density at radius 2 is 1.69 bits per heavy atom. The van der Waals surface area contributed by atoms with Crippen LogP contribution in [0, 0.1) is 0 Å². The highest BCUT2D eigenvalue weighted by Crippen LogP contribution is 2.12. The second-order valence-corrected chi connectivity index (χ2v) is 7.11. The lowest BCUT2D eigenvalue weighted by molar-refractivity contribution is 0.106. The molecule has 3 aromatic rings. The SMILES string of the molecule is CN=C(NCc1ccccc1COCc1ccccc1)N(C)Cc1cccn1C. The van der Waals surface area contributed by atoms with Crippen molar-refractivity contribution in [1.29, 1.82) is 0 Å². The fraction of sp³-hybridized carbons (Fsp3) is 0.292. The van der Waals surface area contributed by atoms with Gasteiger partial charge in [-0.15, -0.1) is 0 Å². The zero-order valence-corrected chi connectivity index (χ0v) is 17.5. The van der Waals surface area contributed by atoms with Crippen LogP contribution in [0.1, 0.15) is 22.4 Å². The van der Waals surface area contributed by atoms with Gasteiger partial charge in [-0.1, -0.05) is 54.6 Å². The van der Waals surface area contributed by atoms with Gasteiger partial charge in [0.1, 0.15) is 0 Å². The van der Waals surface area contributed by atoms with E-state index in [1.807, 2.05) is 25.2 Å². The number of nitrogens with one attached hydrogen (secondary N) is 1. The maximum atomic E-state index is 5.94. The number of aliphatic imine (C=N–C) groups is 1. The van der Waals surface area contributed by atoms with Crippen LogP contribution >= 0.6 is 0 Å². The monoisotopic (exact) mass is 390 g/mol. The zero-order chi connectivity index (χ0) is 20.5. The standard InChI is InChI=1S/C24H30N4O/c1-25-24(28(3)17-23-14-9-15-27(23)2)26-16-21-12-7-8-13-22(21)19-29-18-20-10-5-4-6-11-20/h4-15H,16-19H2,1-3H3,(H,25,26). The molecule has 0 atom stereocenters. The molecule has 0 saturated carbocycles. The highest BCUT2D eigenvalue weighted by molar-refractivity contribution is 5.79. The van der Waals surface area contributed by atoms with Crippen molar-refractivity contribution in [3.05, 3.63) is 95.3 Å². The molecule has 0 saturated heterocycles. The number of aromatic nitrogens is 1. The molecule has 1 N–H and O–H groups in total. The summed E-state index contributed by atoms with van der Waals surface area (Å²) in [5.41, 5.74) is 4.83. The van der Waals surface area contributed by atoms with Crippen LogP contribution in [0.15, 0.2) is 77.9 Å². The molecule has 0 bridgehead atoms. The molecule has 3 rings (SSSR count). The third kappa shape index (κ3) is 5.96. The van der Waals surface area contributed by atoms with Crippen LogP contribution < -0.4 is 5.32 Å². The van der Waals surface area contributed by atoms with E-state index in [1.165, 1.54) is 22.4 Å². The van der Waals surface area contributed by atoms with Gasteiger partial charge >= 0.3 is 0 Å². The largest absolute Gasteiger partial charge is 0.372 e. The van der Waals surface area contributed by atoms with E-state index in [0.717, 1.165) is 12.5 Å². The Morgan fingerprint density at radius 3 is 2.38 bits per heavy atom. The molecule has 29 heavy (non-hydrogen) atoms. The second-order valence-electron chi connectivity index (χ2n) is 7.11. The van der Waals surface area contributed by atoms with Gasteiger partial charge in [-0.2, -0.15) is 0 Å². The molecule has 5 heteroatoms. The van der Waals surface area contributed by atoms with Crippen LogP contribution in [-0.2, 0) is 38.1 Å². The minimum Gasteiger partial charge on any atom is -0.372 e. The van der Waals surface area contributed by atoms with Crippen LogP contribution in [0.4, 0.5) is 0 Å². The Bertz CT molecular complexity index is 917. The van der Waals surface area contributed by atoms with Gasteiger partial charge in [-0.3, -0.25) is 4.99 Å². The number of aryl methyl sites for hydroxylation is 1. The van der Waals surface area contributed by atoms with Gasteiger partial charge in [0.25, 0.3) is 0 Å². The lowest BCUT2D eigenvalue weighted by atomic mass is 10.1. The fourth-order valence-corrected chi connectivity index (χ4v) is 3.26. The molecular formula is C24H30N4O. The topological polar surface area (TPSA) is 41.8 Å². The first-order valence-corrected chi connectivity index (χ1v) is 9.88. The summed E-state index contributed by atoms with van der Waals surface area (Å²) in [5.74, 6) is 0.867. The van der Waals surface area contributed by atoms with Crippen LogP contribution in [0.5, 0.6) is 0 Å². The number of hydrogen-bond donors (Lipinski definition) is 1. The number of hydrogen-bond acceptors (Lipinski definition) is 2. The van der Waals surface area contributed by atoms with Gasteiger partial charge in [0.15, 0.2) is 5.96 Å². The Hall–Kier alpha value is -3.05. The van der Waals surface area contributed by atoms with Gasteiger partial charge in [0, 0.05) is 39.6 Å². The van der Waals surface area contributed by atoms with Crippen molar-refractivity contribution in [2.45, 2.75) is 26.3 Å². The number of guanidine groups is 1. The summed E-state index contributed by atoms with van der Waals surface area (Å²) >= 11 is 0. The van der Waals surface area contributed by atoms with Gasteiger partial charge in [0.05, 0.1) is 19.8 Å². The number of rotatable bonds is 8. The fourth-order valence-electron chi connectivity index (χ4n) is 3.26. The van der Waals surface area contributed by atoms with E-state index >= 15 is 0 Å². The van der Waals surface area contributed by atoms with Gasteiger partial charge < -0.3 is 19.5 Å². The third-order valence-electron chi connectivity index (χ3n) is 4.95. The Morgan fingerprint density at radius 1 is 0.966 bits per heavy atom. The number of ether oxygens (including phenoxy) is 1. The van der Waals surface area contributed by atoms with Crippen molar-refractivity contribution >= 4 is 5.96 Å². The quantitative estimate of drug-likeness (QED) is 0.468. The summed E-state index contributed by atoms with van der Waals surface area (Å²) in [7, 11) is 5.93. The highest BCUT2D eigenvalue weighted by Gasteiger charge is 2.09. The summed E-state index contributed by atoms with van der Waals surface area (Å²) in [5, 5.41) is 3.48. The summed E-state index contributed by atoms with van der Waals surface area (Å²) in [6, 6.07) is 22.8. The van der Waals surface area contributed by atoms with Crippen LogP contribution in [0.3, 0.4) is 0 Å². The summed E-state index contributed by atoms with van der Waals surface area (Å²) in [6.07, 6.45) is 2.06. The summed E-state index contributed by atoms with van der Waals surface area (Å²) in [4.78, 5) is 6.56. The van der Waals surface area contributed by atoms with Crippen molar-refractivity contribution in [3.8, 4) is 0 Å². The van der Waals surface area contributed by atoms with E-state index in [1.54, 1.807) is 0 Å². The molecule has 0 fully saturated rings. The minimum absolute atomic E-state index is 0.588. The second kappa shape index (κ2) is 10.5. The van der Waals surface area contributed by atoms with E-state index in [0.29, 0.717) is 19.8 Å². The van der Waals surface area contributed by atoms with Crippen molar-refractivity contribution < 1.29 is 4.74 Å². The molecule has 0 aliphatic carbocycles. The molecule has 5 nitrogen and oxygen atoms in total.